The molecule has 0 aliphatic rings. The average Bonchev–Trinajstić information content (AvgIpc) is 2.26. The molecule has 1 heterocycles. The molecule has 0 unspecified atom stereocenters. The van der Waals surface area contributed by atoms with Crippen LogP contribution in [0.4, 0.5) is 5.69 Å². The third kappa shape index (κ3) is 2.95. The van der Waals surface area contributed by atoms with Crippen LogP contribution in [0.15, 0.2) is 36.5 Å². The van der Waals surface area contributed by atoms with Crippen LogP contribution in [-0.2, 0) is 14.8 Å². The van der Waals surface area contributed by atoms with Crippen LogP contribution >= 0.6 is 0 Å². The summed E-state index contributed by atoms with van der Waals surface area (Å²) in [4.78, 5) is 14.5. The Morgan fingerprint density at radius 1 is 1.33 bits per heavy atom. The quantitative estimate of drug-likeness (QED) is 0.862. The first-order valence-corrected chi connectivity index (χ1v) is 6.68. The summed E-state index contributed by atoms with van der Waals surface area (Å²) in [5, 5.41) is 9.24. The van der Waals surface area contributed by atoms with Gasteiger partial charge >= 0.3 is 5.97 Å². The molecule has 1 aromatic heterocycles. The number of rotatable bonds is 4. The van der Waals surface area contributed by atoms with Gasteiger partial charge in [0.1, 0.15) is 0 Å². The largest absolute Gasteiger partial charge is 0.480 e. The molecule has 0 bridgehead atoms. The molecule has 0 fully saturated rings. The Balaban J connectivity index is 2.30. The molecular weight excluding hydrogens is 256 g/mol. The summed E-state index contributed by atoms with van der Waals surface area (Å²) in [6.07, 6.45) is 1.64. The lowest BCUT2D eigenvalue weighted by Gasteiger charge is -2.06. The maximum Gasteiger partial charge on any atom is 0.320 e. The van der Waals surface area contributed by atoms with E-state index in [9.17, 15) is 13.2 Å². The molecule has 18 heavy (non-hydrogen) atoms. The van der Waals surface area contributed by atoms with Crippen molar-refractivity contribution in [3.05, 3.63) is 36.5 Å². The highest BCUT2D eigenvalue weighted by atomic mass is 32.2. The zero-order valence-electron chi connectivity index (χ0n) is 9.20. The van der Waals surface area contributed by atoms with Gasteiger partial charge in [-0.1, -0.05) is 6.07 Å². The molecular formula is C11H10N2O4S. The molecule has 0 aliphatic heterocycles. The molecule has 0 atom stereocenters. The Morgan fingerprint density at radius 3 is 2.83 bits per heavy atom. The Hall–Kier alpha value is -2.15. The van der Waals surface area contributed by atoms with E-state index in [1.54, 1.807) is 30.5 Å². The molecule has 0 aliphatic carbocycles. The Labute approximate surface area is 103 Å². The predicted molar refractivity (Wildman–Crippen MR) is 66.8 cm³/mol. The Kier molecular flexibility index (Phi) is 3.15. The van der Waals surface area contributed by atoms with E-state index >= 15 is 0 Å². The molecule has 2 N–H and O–H groups in total. The minimum absolute atomic E-state index is 0.316. The summed E-state index contributed by atoms with van der Waals surface area (Å²) < 4.78 is 25.1. The van der Waals surface area contributed by atoms with Crippen molar-refractivity contribution >= 4 is 32.6 Å². The monoisotopic (exact) mass is 266 g/mol. The van der Waals surface area contributed by atoms with Crippen molar-refractivity contribution in [2.75, 3.05) is 10.5 Å². The van der Waals surface area contributed by atoms with Gasteiger partial charge in [-0.05, 0) is 24.3 Å². The summed E-state index contributed by atoms with van der Waals surface area (Å²) in [6.45, 7) is 0. The molecule has 7 heteroatoms. The number of fused-ring (bicyclic) bond motifs is 1. The average molecular weight is 266 g/mol. The van der Waals surface area contributed by atoms with Crippen LogP contribution in [0.5, 0.6) is 0 Å². The predicted octanol–water partition coefficient (Wildman–Crippen LogP) is 1.06. The molecule has 0 amide bonds. The van der Waals surface area contributed by atoms with Crippen molar-refractivity contribution in [3.8, 4) is 0 Å². The van der Waals surface area contributed by atoms with E-state index in [2.05, 4.69) is 9.71 Å². The number of hydrogen-bond acceptors (Lipinski definition) is 4. The van der Waals surface area contributed by atoms with Crippen LogP contribution in [0.25, 0.3) is 10.9 Å². The standard InChI is InChI=1S/C11H10N2O4S/c14-11(15)7-18(16,17)13-9-3-4-10-8(6-9)2-1-5-12-10/h1-6,13H,7H2,(H,14,15). The molecule has 2 rings (SSSR count). The van der Waals surface area contributed by atoms with Crippen LogP contribution in [0, 0.1) is 0 Å². The number of pyridine rings is 1. The minimum atomic E-state index is -3.87. The Bertz CT molecular complexity index is 697. The second kappa shape index (κ2) is 4.61. The van der Waals surface area contributed by atoms with E-state index in [0.29, 0.717) is 5.69 Å². The van der Waals surface area contributed by atoms with Crippen LogP contribution < -0.4 is 4.72 Å². The highest BCUT2D eigenvalue weighted by Gasteiger charge is 2.15. The molecule has 6 nitrogen and oxygen atoms in total. The van der Waals surface area contributed by atoms with Gasteiger partial charge in [-0.25, -0.2) is 8.42 Å². The van der Waals surface area contributed by atoms with Crippen LogP contribution in [-0.4, -0.2) is 30.2 Å². The zero-order valence-corrected chi connectivity index (χ0v) is 10.0. The normalized spacial score (nSPS) is 11.3. The van der Waals surface area contributed by atoms with Crippen molar-refractivity contribution in [1.29, 1.82) is 0 Å². The number of sulfonamides is 1. The van der Waals surface area contributed by atoms with Gasteiger partial charge in [0.2, 0.25) is 10.0 Å². The van der Waals surface area contributed by atoms with Crippen molar-refractivity contribution in [2.45, 2.75) is 0 Å². The van der Waals surface area contributed by atoms with E-state index in [0.717, 1.165) is 10.9 Å². The SMILES string of the molecule is O=C(O)CS(=O)(=O)Nc1ccc2ncccc2c1. The smallest absolute Gasteiger partial charge is 0.320 e. The molecule has 94 valence electrons. The fraction of sp³-hybridized carbons (Fsp3) is 0.0909. The van der Waals surface area contributed by atoms with Gasteiger partial charge < -0.3 is 5.11 Å². The number of nitrogens with one attached hydrogen (secondary N) is 1. The fourth-order valence-electron chi connectivity index (χ4n) is 1.52. The van der Waals surface area contributed by atoms with Crippen LogP contribution in [0.1, 0.15) is 0 Å². The van der Waals surface area contributed by atoms with E-state index < -0.39 is 21.7 Å². The maximum absolute atomic E-state index is 11.4. The van der Waals surface area contributed by atoms with Gasteiger partial charge in [0.15, 0.2) is 5.75 Å². The topological polar surface area (TPSA) is 96.4 Å². The fourth-order valence-corrected chi connectivity index (χ4v) is 2.40. The highest BCUT2D eigenvalue weighted by molar-refractivity contribution is 7.93. The first kappa shape index (κ1) is 12.3. The van der Waals surface area contributed by atoms with Gasteiger partial charge in [-0.15, -0.1) is 0 Å². The maximum atomic E-state index is 11.4. The van der Waals surface area contributed by atoms with Crippen molar-refractivity contribution in [2.24, 2.45) is 0 Å². The van der Waals surface area contributed by atoms with Gasteiger partial charge in [0.25, 0.3) is 0 Å². The van der Waals surface area contributed by atoms with Gasteiger partial charge in [0, 0.05) is 17.3 Å². The molecule has 2 aromatic rings. The first-order chi connectivity index (χ1) is 8.46. The lowest BCUT2D eigenvalue weighted by Crippen LogP contribution is -2.22. The highest BCUT2D eigenvalue weighted by Crippen LogP contribution is 2.17. The lowest BCUT2D eigenvalue weighted by atomic mass is 10.2. The lowest BCUT2D eigenvalue weighted by molar-refractivity contribution is -0.134. The first-order valence-electron chi connectivity index (χ1n) is 5.03. The van der Waals surface area contributed by atoms with Crippen molar-refractivity contribution in [3.63, 3.8) is 0 Å². The number of anilines is 1. The number of aromatic nitrogens is 1. The second-order valence-corrected chi connectivity index (χ2v) is 5.39. The van der Waals surface area contributed by atoms with Crippen LogP contribution in [0.3, 0.4) is 0 Å². The van der Waals surface area contributed by atoms with Crippen LogP contribution in [0.2, 0.25) is 0 Å². The van der Waals surface area contributed by atoms with E-state index in [-0.39, 0.29) is 0 Å². The summed E-state index contributed by atoms with van der Waals surface area (Å²) in [5.41, 5.74) is 1.05. The van der Waals surface area contributed by atoms with Gasteiger partial charge in [-0.3, -0.25) is 14.5 Å². The summed E-state index contributed by atoms with van der Waals surface area (Å²) in [5.74, 6) is -2.36. The number of carbonyl (C=O) groups is 1. The number of nitrogens with zero attached hydrogens (tertiary/aromatic N) is 1. The Morgan fingerprint density at radius 2 is 2.11 bits per heavy atom. The summed E-state index contributed by atoms with van der Waals surface area (Å²) in [7, 11) is -3.87. The molecule has 1 aromatic carbocycles. The van der Waals surface area contributed by atoms with E-state index in [4.69, 9.17) is 5.11 Å². The number of carboxylic acids is 1. The third-order valence-corrected chi connectivity index (χ3v) is 3.36. The molecule has 0 saturated heterocycles. The molecule has 0 saturated carbocycles. The number of carboxylic acid groups (broad SMARTS) is 1. The van der Waals surface area contributed by atoms with E-state index in [1.165, 1.54) is 6.07 Å². The van der Waals surface area contributed by atoms with Crippen molar-refractivity contribution in [1.82, 2.24) is 4.98 Å². The summed E-state index contributed by atoms with van der Waals surface area (Å²) >= 11 is 0. The number of aliphatic carboxylic acids is 1. The number of hydrogen-bond donors (Lipinski definition) is 2. The van der Waals surface area contributed by atoms with Gasteiger partial charge in [-0.2, -0.15) is 0 Å². The third-order valence-electron chi connectivity index (χ3n) is 2.19. The minimum Gasteiger partial charge on any atom is -0.480 e. The molecule has 0 radical (unpaired) electrons. The van der Waals surface area contributed by atoms with E-state index in [1.807, 2.05) is 0 Å². The number of benzene rings is 1. The summed E-state index contributed by atoms with van der Waals surface area (Å²) in [6, 6.07) is 8.32. The second-order valence-electron chi connectivity index (χ2n) is 3.67. The van der Waals surface area contributed by atoms with Crippen molar-refractivity contribution < 1.29 is 18.3 Å². The molecule has 0 spiro atoms. The van der Waals surface area contributed by atoms with Gasteiger partial charge in [0.05, 0.1) is 5.52 Å². The zero-order chi connectivity index (χ0) is 13.2.